The van der Waals surface area contributed by atoms with Crippen LogP contribution >= 0.6 is 0 Å². The van der Waals surface area contributed by atoms with E-state index in [9.17, 15) is 18.0 Å². The molecule has 0 bridgehead atoms. The third kappa shape index (κ3) is 5.07. The van der Waals surface area contributed by atoms with Gasteiger partial charge >= 0.3 is 6.03 Å². The molecule has 1 N–H and O–H groups in total. The fourth-order valence-corrected chi connectivity index (χ4v) is 4.75. The molecule has 2 heterocycles. The summed E-state index contributed by atoms with van der Waals surface area (Å²) in [6.07, 6.45) is 0.513. The molecule has 9 heteroatoms. The predicted molar refractivity (Wildman–Crippen MR) is 86.9 cm³/mol. The van der Waals surface area contributed by atoms with Crippen LogP contribution in [0.4, 0.5) is 4.79 Å². The molecule has 2 aliphatic heterocycles. The van der Waals surface area contributed by atoms with Crippen molar-refractivity contribution in [2.45, 2.75) is 19.4 Å². The van der Waals surface area contributed by atoms with Gasteiger partial charge < -0.3 is 15.1 Å². The van der Waals surface area contributed by atoms with Crippen LogP contribution in [0.25, 0.3) is 0 Å². The highest BCUT2D eigenvalue weighted by molar-refractivity contribution is 7.91. The molecule has 2 fully saturated rings. The van der Waals surface area contributed by atoms with Crippen LogP contribution in [0.5, 0.6) is 0 Å². The second-order valence-electron chi connectivity index (χ2n) is 6.25. The Balaban J connectivity index is 1.66. The molecule has 0 saturated carbocycles. The standard InChI is InChI=1S/C14H26N4O4S/c1-12(19)18-8-6-17(7-9-18)5-4-15-14(20)16(2)13-3-10-23(21,22)11-13/h13H,3-11H2,1-2H3,(H,15,20). The Bertz CT molecular complexity index is 543. The summed E-state index contributed by atoms with van der Waals surface area (Å²) in [6, 6.07) is -0.450. The van der Waals surface area contributed by atoms with Crippen LogP contribution in [-0.4, -0.2) is 98.9 Å². The SMILES string of the molecule is CC(=O)N1CCN(CCNC(=O)N(C)C2CCS(=O)(=O)C2)CC1. The molecule has 3 amide bonds. The molecule has 2 rings (SSSR count). The van der Waals surface area contributed by atoms with Gasteiger partial charge in [-0.1, -0.05) is 0 Å². The van der Waals surface area contributed by atoms with Crippen molar-refractivity contribution in [1.29, 1.82) is 0 Å². The van der Waals surface area contributed by atoms with Gasteiger partial charge in [-0.15, -0.1) is 0 Å². The number of amides is 3. The normalized spacial score (nSPS) is 24.4. The summed E-state index contributed by atoms with van der Waals surface area (Å²) in [5, 5.41) is 2.84. The Labute approximate surface area is 137 Å². The lowest BCUT2D eigenvalue weighted by atomic mass is 10.2. The number of nitrogens with one attached hydrogen (secondary N) is 1. The first-order chi connectivity index (χ1) is 10.8. The van der Waals surface area contributed by atoms with Crippen LogP contribution in [0.2, 0.25) is 0 Å². The topological polar surface area (TPSA) is 90.0 Å². The Morgan fingerprint density at radius 2 is 1.87 bits per heavy atom. The van der Waals surface area contributed by atoms with E-state index in [-0.39, 0.29) is 29.5 Å². The molecule has 0 aromatic rings. The molecule has 1 unspecified atom stereocenters. The van der Waals surface area contributed by atoms with E-state index in [1.807, 2.05) is 4.90 Å². The molecule has 2 saturated heterocycles. The number of sulfone groups is 1. The minimum atomic E-state index is -2.99. The van der Waals surface area contributed by atoms with E-state index in [1.165, 1.54) is 4.90 Å². The highest BCUT2D eigenvalue weighted by Gasteiger charge is 2.32. The maximum Gasteiger partial charge on any atom is 0.317 e. The molecular formula is C14H26N4O4S. The second kappa shape index (κ2) is 7.48. The van der Waals surface area contributed by atoms with E-state index in [0.29, 0.717) is 13.0 Å². The quantitative estimate of drug-likeness (QED) is 0.704. The summed E-state index contributed by atoms with van der Waals surface area (Å²) >= 11 is 0. The first kappa shape index (κ1) is 18.0. The number of rotatable bonds is 4. The van der Waals surface area contributed by atoms with Crippen LogP contribution in [0, 0.1) is 0 Å². The zero-order chi connectivity index (χ0) is 17.0. The van der Waals surface area contributed by atoms with Crippen molar-refractivity contribution in [2.24, 2.45) is 0 Å². The van der Waals surface area contributed by atoms with Crippen molar-refractivity contribution in [3.63, 3.8) is 0 Å². The van der Waals surface area contributed by atoms with Gasteiger partial charge in [0.2, 0.25) is 5.91 Å². The van der Waals surface area contributed by atoms with Gasteiger partial charge in [0, 0.05) is 59.3 Å². The van der Waals surface area contributed by atoms with Crippen LogP contribution in [0.15, 0.2) is 0 Å². The third-order valence-corrected chi connectivity index (χ3v) is 6.35. The summed E-state index contributed by atoms with van der Waals surface area (Å²) in [5.74, 6) is 0.325. The first-order valence-electron chi connectivity index (χ1n) is 7.97. The van der Waals surface area contributed by atoms with Gasteiger partial charge in [-0.3, -0.25) is 9.69 Å². The summed E-state index contributed by atoms with van der Waals surface area (Å²) in [5.41, 5.74) is 0. The van der Waals surface area contributed by atoms with Gasteiger partial charge in [-0.25, -0.2) is 13.2 Å². The lowest BCUT2D eigenvalue weighted by Gasteiger charge is -2.34. The monoisotopic (exact) mass is 346 g/mol. The van der Waals surface area contributed by atoms with Crippen molar-refractivity contribution >= 4 is 21.8 Å². The molecule has 1 atom stereocenters. The van der Waals surface area contributed by atoms with E-state index in [1.54, 1.807) is 14.0 Å². The van der Waals surface area contributed by atoms with E-state index in [4.69, 9.17) is 0 Å². The average Bonchev–Trinajstić information content (AvgIpc) is 2.87. The van der Waals surface area contributed by atoms with Crippen molar-refractivity contribution in [3.8, 4) is 0 Å². The van der Waals surface area contributed by atoms with Crippen molar-refractivity contribution in [2.75, 3.05) is 57.8 Å². The molecule has 23 heavy (non-hydrogen) atoms. The number of piperazine rings is 1. The van der Waals surface area contributed by atoms with Gasteiger partial charge in [0.25, 0.3) is 0 Å². The summed E-state index contributed by atoms with van der Waals surface area (Å²) in [7, 11) is -1.34. The Morgan fingerprint density at radius 3 is 2.39 bits per heavy atom. The van der Waals surface area contributed by atoms with E-state index in [2.05, 4.69) is 10.2 Å². The molecule has 132 valence electrons. The van der Waals surface area contributed by atoms with Gasteiger partial charge in [-0.05, 0) is 6.42 Å². The number of hydrogen-bond acceptors (Lipinski definition) is 5. The van der Waals surface area contributed by atoms with Crippen LogP contribution in [0.1, 0.15) is 13.3 Å². The lowest BCUT2D eigenvalue weighted by molar-refractivity contribution is -0.130. The van der Waals surface area contributed by atoms with Crippen molar-refractivity contribution < 1.29 is 18.0 Å². The molecule has 0 spiro atoms. The summed E-state index contributed by atoms with van der Waals surface area (Å²) < 4.78 is 22.9. The molecule has 0 radical (unpaired) electrons. The molecule has 2 aliphatic rings. The average molecular weight is 346 g/mol. The van der Waals surface area contributed by atoms with Gasteiger partial charge in [-0.2, -0.15) is 0 Å². The van der Waals surface area contributed by atoms with Crippen molar-refractivity contribution in [3.05, 3.63) is 0 Å². The van der Waals surface area contributed by atoms with Gasteiger partial charge in [0.1, 0.15) is 0 Å². The number of carbonyl (C=O) groups excluding carboxylic acids is 2. The summed E-state index contributed by atoms with van der Waals surface area (Å²) in [4.78, 5) is 28.9. The highest BCUT2D eigenvalue weighted by Crippen LogP contribution is 2.16. The van der Waals surface area contributed by atoms with E-state index >= 15 is 0 Å². The van der Waals surface area contributed by atoms with Gasteiger partial charge in [0.05, 0.1) is 11.5 Å². The van der Waals surface area contributed by atoms with Crippen LogP contribution in [0.3, 0.4) is 0 Å². The van der Waals surface area contributed by atoms with Crippen molar-refractivity contribution in [1.82, 2.24) is 20.0 Å². The predicted octanol–water partition coefficient (Wildman–Crippen LogP) is -1.02. The van der Waals surface area contributed by atoms with E-state index in [0.717, 1.165) is 32.7 Å². The fraction of sp³-hybridized carbons (Fsp3) is 0.857. The molecule has 8 nitrogen and oxygen atoms in total. The fourth-order valence-electron chi connectivity index (χ4n) is 2.98. The molecule has 0 aliphatic carbocycles. The minimum Gasteiger partial charge on any atom is -0.340 e. The Kier molecular flexibility index (Phi) is 5.85. The van der Waals surface area contributed by atoms with Gasteiger partial charge in [0.15, 0.2) is 9.84 Å². The Morgan fingerprint density at radius 1 is 1.22 bits per heavy atom. The van der Waals surface area contributed by atoms with Crippen LogP contribution < -0.4 is 5.32 Å². The second-order valence-corrected chi connectivity index (χ2v) is 8.48. The number of hydrogen-bond donors (Lipinski definition) is 1. The molecule has 0 aromatic carbocycles. The highest BCUT2D eigenvalue weighted by atomic mass is 32.2. The maximum atomic E-state index is 12.1. The molecule has 0 aromatic heterocycles. The number of carbonyl (C=O) groups is 2. The number of nitrogens with zero attached hydrogens (tertiary/aromatic N) is 3. The number of urea groups is 1. The zero-order valence-corrected chi connectivity index (χ0v) is 14.6. The van der Waals surface area contributed by atoms with E-state index < -0.39 is 9.84 Å². The largest absolute Gasteiger partial charge is 0.340 e. The lowest BCUT2D eigenvalue weighted by Crippen LogP contribution is -2.51. The smallest absolute Gasteiger partial charge is 0.317 e. The first-order valence-corrected chi connectivity index (χ1v) is 9.79. The summed E-state index contributed by atoms with van der Waals surface area (Å²) in [6.45, 7) is 5.90. The third-order valence-electron chi connectivity index (χ3n) is 4.60. The minimum absolute atomic E-state index is 0.0595. The maximum absolute atomic E-state index is 12.1. The Hall–Kier alpha value is -1.35. The van der Waals surface area contributed by atoms with Crippen LogP contribution in [-0.2, 0) is 14.6 Å². The molecular weight excluding hydrogens is 320 g/mol. The zero-order valence-electron chi connectivity index (χ0n) is 13.8.